The highest BCUT2D eigenvalue weighted by Gasteiger charge is 2.09. The van der Waals surface area contributed by atoms with Gasteiger partial charge >= 0.3 is 0 Å². The molecule has 0 bridgehead atoms. The molecule has 124 valence electrons. The first-order valence-electron chi connectivity index (χ1n) is 7.15. The Kier molecular flexibility index (Phi) is 6.04. The van der Waals surface area contributed by atoms with E-state index >= 15 is 0 Å². The number of rotatable bonds is 7. The molecule has 23 heavy (non-hydrogen) atoms. The molecule has 0 aliphatic carbocycles. The molecule has 0 unspecified atom stereocenters. The second-order valence-corrected chi connectivity index (χ2v) is 5.87. The number of aromatic nitrogens is 1. The highest BCUT2D eigenvalue weighted by molar-refractivity contribution is 6.31. The minimum atomic E-state index is -0.554. The number of nitrogens with zero attached hydrogens (tertiary/aromatic N) is 1. The van der Waals surface area contributed by atoms with E-state index in [9.17, 15) is 9.90 Å². The Labute approximate surface area is 140 Å². The molecule has 0 aliphatic rings. The van der Waals surface area contributed by atoms with Crippen LogP contribution in [0.4, 0.5) is 5.69 Å². The Bertz CT molecular complexity index is 640. The van der Waals surface area contributed by atoms with Gasteiger partial charge in [-0.1, -0.05) is 11.6 Å². The van der Waals surface area contributed by atoms with Crippen LogP contribution in [0.25, 0.3) is 0 Å². The number of H-pyrrole nitrogens is 1. The van der Waals surface area contributed by atoms with Gasteiger partial charge in [0, 0.05) is 18.4 Å². The van der Waals surface area contributed by atoms with E-state index in [0.29, 0.717) is 28.7 Å². The summed E-state index contributed by atoms with van der Waals surface area (Å²) >= 11 is 5.77. The first-order valence-corrected chi connectivity index (χ1v) is 7.53. The summed E-state index contributed by atoms with van der Waals surface area (Å²) in [5, 5.41) is 13.0. The van der Waals surface area contributed by atoms with Crippen LogP contribution in [-0.4, -0.2) is 54.2 Å². The van der Waals surface area contributed by atoms with Gasteiger partial charge in [0.05, 0.1) is 5.02 Å². The summed E-state index contributed by atoms with van der Waals surface area (Å²) in [4.78, 5) is 16.6. The van der Waals surface area contributed by atoms with Crippen molar-refractivity contribution >= 4 is 23.2 Å². The van der Waals surface area contributed by atoms with E-state index in [2.05, 4.69) is 10.3 Å². The number of carbonyl (C=O) groups is 1. The molecule has 0 saturated heterocycles. The van der Waals surface area contributed by atoms with E-state index < -0.39 is 6.10 Å². The van der Waals surface area contributed by atoms with Crippen LogP contribution in [0.15, 0.2) is 36.5 Å². The number of aliphatic hydroxyl groups is 1. The predicted molar refractivity (Wildman–Crippen MR) is 90.3 cm³/mol. The molecule has 1 aromatic heterocycles. The highest BCUT2D eigenvalue weighted by Crippen LogP contribution is 2.17. The Morgan fingerprint density at radius 2 is 2.09 bits per heavy atom. The van der Waals surface area contributed by atoms with Crippen LogP contribution in [0.3, 0.4) is 0 Å². The van der Waals surface area contributed by atoms with Gasteiger partial charge in [0.25, 0.3) is 5.91 Å². The van der Waals surface area contributed by atoms with Crippen molar-refractivity contribution in [3.63, 3.8) is 0 Å². The van der Waals surface area contributed by atoms with Crippen LogP contribution in [0.1, 0.15) is 10.5 Å². The largest absolute Gasteiger partial charge is 0.491 e. The van der Waals surface area contributed by atoms with Crippen molar-refractivity contribution in [3.8, 4) is 5.75 Å². The first kappa shape index (κ1) is 17.3. The normalized spacial score (nSPS) is 12.2. The lowest BCUT2D eigenvalue weighted by atomic mass is 10.3. The van der Waals surface area contributed by atoms with Crippen molar-refractivity contribution in [3.05, 3.63) is 47.2 Å². The first-order chi connectivity index (χ1) is 10.9. The molecule has 1 atom stereocenters. The summed E-state index contributed by atoms with van der Waals surface area (Å²) in [6, 6.07) is 8.49. The van der Waals surface area contributed by atoms with Crippen LogP contribution < -0.4 is 10.1 Å². The number of aliphatic hydroxyl groups excluding tert-OH is 1. The Morgan fingerprint density at radius 1 is 1.39 bits per heavy atom. The monoisotopic (exact) mass is 337 g/mol. The zero-order valence-electron chi connectivity index (χ0n) is 13.0. The van der Waals surface area contributed by atoms with Gasteiger partial charge in [-0.3, -0.25) is 4.79 Å². The summed E-state index contributed by atoms with van der Waals surface area (Å²) in [6.45, 7) is 0.748. The molecule has 6 nitrogen and oxygen atoms in total. The molecule has 0 fully saturated rings. The molecule has 2 rings (SSSR count). The fraction of sp³-hybridized carbons (Fsp3) is 0.312. The molecule has 0 radical (unpaired) electrons. The van der Waals surface area contributed by atoms with E-state index in [1.807, 2.05) is 19.0 Å². The SMILES string of the molecule is CN(C)C[C@@H](O)COc1ccc(NC(=O)c2cc(Cl)c[nH]2)cc1. The molecular formula is C16H20ClN3O3. The van der Waals surface area contributed by atoms with E-state index in [1.165, 1.54) is 0 Å². The number of halogens is 1. The summed E-state index contributed by atoms with van der Waals surface area (Å²) < 4.78 is 5.50. The molecule has 3 N–H and O–H groups in total. The topological polar surface area (TPSA) is 77.6 Å². The number of carbonyl (C=O) groups excluding carboxylic acids is 1. The Balaban J connectivity index is 1.86. The van der Waals surface area contributed by atoms with Crippen LogP contribution in [0.5, 0.6) is 5.75 Å². The zero-order valence-corrected chi connectivity index (χ0v) is 13.8. The van der Waals surface area contributed by atoms with Gasteiger partial charge in [-0.2, -0.15) is 0 Å². The molecule has 1 aromatic carbocycles. The van der Waals surface area contributed by atoms with Crippen LogP contribution in [-0.2, 0) is 0 Å². The summed E-state index contributed by atoms with van der Waals surface area (Å²) in [6.07, 6.45) is 0.994. The van der Waals surface area contributed by atoms with Gasteiger partial charge in [0.15, 0.2) is 0 Å². The molecule has 0 aliphatic heterocycles. The maximum Gasteiger partial charge on any atom is 0.272 e. The number of anilines is 1. The van der Waals surface area contributed by atoms with Crippen molar-refractivity contribution in [1.29, 1.82) is 0 Å². The Morgan fingerprint density at radius 3 is 2.65 bits per heavy atom. The van der Waals surface area contributed by atoms with Gasteiger partial charge in [0.1, 0.15) is 24.2 Å². The second-order valence-electron chi connectivity index (χ2n) is 5.44. The number of aromatic amines is 1. The number of nitrogens with one attached hydrogen (secondary N) is 2. The standard InChI is InChI=1S/C16H20ClN3O3/c1-20(2)9-13(21)10-23-14-5-3-12(4-6-14)19-16(22)15-7-11(17)8-18-15/h3-8,13,18,21H,9-10H2,1-2H3,(H,19,22)/t13-/m1/s1. The minimum absolute atomic E-state index is 0.213. The van der Waals surface area contributed by atoms with Gasteiger partial charge < -0.3 is 25.0 Å². The molecule has 7 heteroatoms. The fourth-order valence-electron chi connectivity index (χ4n) is 2.00. The predicted octanol–water partition coefficient (Wildman–Crippen LogP) is 2.22. The van der Waals surface area contributed by atoms with Crippen molar-refractivity contribution in [2.24, 2.45) is 0 Å². The number of amides is 1. The summed E-state index contributed by atoms with van der Waals surface area (Å²) in [5.41, 5.74) is 1.03. The van der Waals surface area contributed by atoms with E-state index in [-0.39, 0.29) is 12.5 Å². The lowest BCUT2D eigenvalue weighted by Crippen LogP contribution is -2.30. The van der Waals surface area contributed by atoms with Gasteiger partial charge in [-0.25, -0.2) is 0 Å². The summed E-state index contributed by atoms with van der Waals surface area (Å²) in [5.74, 6) is 0.357. The molecule has 0 spiro atoms. The molecule has 1 amide bonds. The quantitative estimate of drug-likeness (QED) is 0.724. The van der Waals surface area contributed by atoms with Crippen molar-refractivity contribution in [1.82, 2.24) is 9.88 Å². The van der Waals surface area contributed by atoms with Crippen LogP contribution in [0, 0.1) is 0 Å². The lowest BCUT2D eigenvalue weighted by Gasteiger charge is -2.16. The third kappa shape index (κ3) is 5.59. The van der Waals surface area contributed by atoms with Crippen molar-refractivity contribution < 1.29 is 14.6 Å². The molecule has 1 heterocycles. The third-order valence-electron chi connectivity index (χ3n) is 3.02. The smallest absolute Gasteiger partial charge is 0.272 e. The average Bonchev–Trinajstić information content (AvgIpc) is 2.92. The second kappa shape index (κ2) is 8.01. The number of benzene rings is 1. The average molecular weight is 338 g/mol. The highest BCUT2D eigenvalue weighted by atomic mass is 35.5. The fourth-order valence-corrected chi connectivity index (χ4v) is 2.16. The van der Waals surface area contributed by atoms with Gasteiger partial charge in [-0.15, -0.1) is 0 Å². The van der Waals surface area contributed by atoms with Crippen LogP contribution >= 0.6 is 11.6 Å². The number of hydrogen-bond acceptors (Lipinski definition) is 4. The van der Waals surface area contributed by atoms with Crippen molar-refractivity contribution in [2.45, 2.75) is 6.10 Å². The van der Waals surface area contributed by atoms with Gasteiger partial charge in [-0.05, 0) is 44.4 Å². The maximum absolute atomic E-state index is 12.0. The van der Waals surface area contributed by atoms with E-state index in [1.54, 1.807) is 36.5 Å². The number of ether oxygens (including phenoxy) is 1. The summed E-state index contributed by atoms with van der Waals surface area (Å²) in [7, 11) is 3.77. The van der Waals surface area contributed by atoms with E-state index in [4.69, 9.17) is 16.3 Å². The lowest BCUT2D eigenvalue weighted by molar-refractivity contribution is 0.0831. The minimum Gasteiger partial charge on any atom is -0.491 e. The van der Waals surface area contributed by atoms with E-state index in [0.717, 1.165) is 0 Å². The molecule has 0 saturated carbocycles. The van der Waals surface area contributed by atoms with Gasteiger partial charge in [0.2, 0.25) is 0 Å². The molecule has 2 aromatic rings. The molecular weight excluding hydrogens is 318 g/mol. The Hall–Kier alpha value is -2.02. The maximum atomic E-state index is 12.0. The third-order valence-corrected chi connectivity index (χ3v) is 3.24. The number of likely N-dealkylation sites (N-methyl/N-ethyl adjacent to an activating group) is 1. The van der Waals surface area contributed by atoms with Crippen molar-refractivity contribution in [2.75, 3.05) is 32.6 Å². The number of hydrogen-bond donors (Lipinski definition) is 3. The van der Waals surface area contributed by atoms with Crippen LogP contribution in [0.2, 0.25) is 5.02 Å². The zero-order chi connectivity index (χ0) is 16.8.